The number of carbonyl (C=O) groups excluding carboxylic acids is 1. The predicted octanol–water partition coefficient (Wildman–Crippen LogP) is 1.66. The average Bonchev–Trinajstić information content (AvgIpc) is 2.69. The summed E-state index contributed by atoms with van der Waals surface area (Å²) in [6, 6.07) is 8.84. The quantitative estimate of drug-likeness (QED) is 0.711. The highest BCUT2D eigenvalue weighted by atomic mass is 16.2. The van der Waals surface area contributed by atoms with E-state index in [0.717, 1.165) is 0 Å². The lowest BCUT2D eigenvalue weighted by atomic mass is 10.0. The molecule has 0 bridgehead atoms. The van der Waals surface area contributed by atoms with Gasteiger partial charge in [0.15, 0.2) is 5.65 Å². The van der Waals surface area contributed by atoms with Gasteiger partial charge in [-0.1, -0.05) is 6.07 Å². The fourth-order valence-corrected chi connectivity index (χ4v) is 3.23. The Bertz CT molecular complexity index is 962. The monoisotopic (exact) mass is 335 g/mol. The topological polar surface area (TPSA) is 81.0 Å². The van der Waals surface area contributed by atoms with Gasteiger partial charge in [-0.15, -0.1) is 0 Å². The van der Waals surface area contributed by atoms with E-state index >= 15 is 0 Å². The van der Waals surface area contributed by atoms with E-state index in [4.69, 9.17) is 0 Å². The van der Waals surface area contributed by atoms with Gasteiger partial charge in [-0.25, -0.2) is 9.97 Å². The largest absolute Gasteiger partial charge is 0.337 e. The van der Waals surface area contributed by atoms with Crippen molar-refractivity contribution in [1.82, 2.24) is 24.4 Å². The Kier molecular flexibility index (Phi) is 3.97. The molecule has 7 heteroatoms. The highest BCUT2D eigenvalue weighted by Crippen LogP contribution is 2.22. The van der Waals surface area contributed by atoms with Crippen molar-refractivity contribution in [2.24, 2.45) is 0 Å². The van der Waals surface area contributed by atoms with Gasteiger partial charge in [0.1, 0.15) is 12.0 Å². The summed E-state index contributed by atoms with van der Waals surface area (Å²) in [6.45, 7) is 1.19. The van der Waals surface area contributed by atoms with Gasteiger partial charge in [-0.3, -0.25) is 19.1 Å². The Labute approximate surface area is 144 Å². The standard InChI is InChI=1S/C18H17N5O2/c24-17-14-4-3-9-20-16(14)21-12-23(17)13-6-10-22(11-7-13)18(25)15-5-1-2-8-19-15/h1-5,8-9,12-13H,6-7,10-11H2. The van der Waals surface area contributed by atoms with Crippen LogP contribution in [0.25, 0.3) is 11.0 Å². The van der Waals surface area contributed by atoms with Crippen LogP contribution >= 0.6 is 0 Å². The molecule has 1 saturated heterocycles. The molecule has 126 valence electrons. The van der Waals surface area contributed by atoms with Crippen molar-refractivity contribution < 1.29 is 4.79 Å². The van der Waals surface area contributed by atoms with E-state index in [0.29, 0.717) is 42.7 Å². The number of fused-ring (bicyclic) bond motifs is 1. The van der Waals surface area contributed by atoms with Crippen molar-refractivity contribution in [2.75, 3.05) is 13.1 Å². The number of carbonyl (C=O) groups is 1. The molecule has 4 rings (SSSR count). The molecule has 25 heavy (non-hydrogen) atoms. The first-order valence-electron chi connectivity index (χ1n) is 8.26. The van der Waals surface area contributed by atoms with Gasteiger partial charge >= 0.3 is 0 Å². The zero-order valence-corrected chi connectivity index (χ0v) is 13.6. The number of piperidine rings is 1. The van der Waals surface area contributed by atoms with Crippen LogP contribution < -0.4 is 5.56 Å². The number of amides is 1. The molecule has 4 heterocycles. The summed E-state index contributed by atoms with van der Waals surface area (Å²) in [5.41, 5.74) is 0.843. The minimum absolute atomic E-state index is 0.0392. The van der Waals surface area contributed by atoms with Gasteiger partial charge in [0, 0.05) is 31.5 Å². The van der Waals surface area contributed by atoms with E-state index in [1.54, 1.807) is 58.5 Å². The van der Waals surface area contributed by atoms with Crippen LogP contribution in [0.5, 0.6) is 0 Å². The summed E-state index contributed by atoms with van der Waals surface area (Å²) in [6.07, 6.45) is 6.24. The van der Waals surface area contributed by atoms with Crippen LogP contribution in [0.15, 0.2) is 53.8 Å². The fourth-order valence-electron chi connectivity index (χ4n) is 3.23. The molecule has 7 nitrogen and oxygen atoms in total. The number of pyridine rings is 2. The maximum Gasteiger partial charge on any atom is 0.272 e. The number of rotatable bonds is 2. The molecule has 1 aliphatic rings. The third-order valence-corrected chi connectivity index (χ3v) is 4.59. The molecule has 0 radical (unpaired) electrons. The van der Waals surface area contributed by atoms with Crippen LogP contribution in [0.2, 0.25) is 0 Å². The highest BCUT2D eigenvalue weighted by molar-refractivity contribution is 5.92. The van der Waals surface area contributed by atoms with Gasteiger partial charge in [-0.2, -0.15) is 0 Å². The van der Waals surface area contributed by atoms with Crippen molar-refractivity contribution in [3.05, 3.63) is 65.1 Å². The lowest BCUT2D eigenvalue weighted by molar-refractivity contribution is 0.0687. The number of likely N-dealkylation sites (tertiary alicyclic amines) is 1. The normalized spacial score (nSPS) is 15.4. The SMILES string of the molecule is O=C(c1ccccn1)N1CCC(n2cnc3ncccc3c2=O)CC1. The molecule has 3 aromatic heterocycles. The summed E-state index contributed by atoms with van der Waals surface area (Å²) in [7, 11) is 0. The highest BCUT2D eigenvalue weighted by Gasteiger charge is 2.26. The third kappa shape index (κ3) is 2.88. The molecule has 1 amide bonds. The molecule has 1 fully saturated rings. The fraction of sp³-hybridized carbons (Fsp3) is 0.278. The molecule has 0 atom stereocenters. The maximum absolute atomic E-state index is 12.7. The second-order valence-corrected chi connectivity index (χ2v) is 6.07. The van der Waals surface area contributed by atoms with Crippen molar-refractivity contribution in [3.63, 3.8) is 0 Å². The molecule has 3 aromatic rings. The second kappa shape index (κ2) is 6.43. The zero-order valence-electron chi connectivity index (χ0n) is 13.6. The summed E-state index contributed by atoms with van der Waals surface area (Å²) >= 11 is 0. The molecular weight excluding hydrogens is 318 g/mol. The number of nitrogens with zero attached hydrogens (tertiary/aromatic N) is 5. The van der Waals surface area contributed by atoms with Crippen LogP contribution in [0, 0.1) is 0 Å². The first-order valence-corrected chi connectivity index (χ1v) is 8.26. The minimum Gasteiger partial charge on any atom is -0.337 e. The summed E-state index contributed by atoms with van der Waals surface area (Å²) in [5, 5.41) is 0.525. The van der Waals surface area contributed by atoms with E-state index < -0.39 is 0 Å². The van der Waals surface area contributed by atoms with Crippen LogP contribution in [0.1, 0.15) is 29.4 Å². The third-order valence-electron chi connectivity index (χ3n) is 4.59. The molecule has 0 spiro atoms. The predicted molar refractivity (Wildman–Crippen MR) is 92.2 cm³/mol. The van der Waals surface area contributed by atoms with Gasteiger partial charge in [0.2, 0.25) is 0 Å². The summed E-state index contributed by atoms with van der Waals surface area (Å²) in [4.78, 5) is 39.4. The Hall–Kier alpha value is -3.09. The molecular formula is C18H17N5O2. The van der Waals surface area contributed by atoms with Crippen molar-refractivity contribution in [2.45, 2.75) is 18.9 Å². The number of hydrogen-bond donors (Lipinski definition) is 0. The smallest absolute Gasteiger partial charge is 0.272 e. The van der Waals surface area contributed by atoms with Crippen LogP contribution in [0.4, 0.5) is 0 Å². The van der Waals surface area contributed by atoms with Gasteiger partial charge in [-0.05, 0) is 37.1 Å². The molecule has 0 N–H and O–H groups in total. The molecule has 0 aromatic carbocycles. The van der Waals surface area contributed by atoms with Gasteiger partial charge in [0.25, 0.3) is 11.5 Å². The van der Waals surface area contributed by atoms with E-state index in [9.17, 15) is 9.59 Å². The van der Waals surface area contributed by atoms with Crippen molar-refractivity contribution >= 4 is 16.9 Å². The lowest BCUT2D eigenvalue weighted by Gasteiger charge is -2.32. The molecule has 0 unspecified atom stereocenters. The van der Waals surface area contributed by atoms with Crippen molar-refractivity contribution in [3.8, 4) is 0 Å². The minimum atomic E-state index is -0.0763. The first kappa shape index (κ1) is 15.4. The van der Waals surface area contributed by atoms with E-state index in [-0.39, 0.29) is 17.5 Å². The Balaban J connectivity index is 1.52. The molecule has 0 aliphatic carbocycles. The Morgan fingerprint density at radius 3 is 2.56 bits per heavy atom. The van der Waals surface area contributed by atoms with Gasteiger partial charge < -0.3 is 4.90 Å². The van der Waals surface area contributed by atoms with Crippen LogP contribution in [0.3, 0.4) is 0 Å². The summed E-state index contributed by atoms with van der Waals surface area (Å²) < 4.78 is 1.67. The lowest BCUT2D eigenvalue weighted by Crippen LogP contribution is -2.41. The molecule has 0 saturated carbocycles. The first-order chi connectivity index (χ1) is 12.2. The zero-order chi connectivity index (χ0) is 17.2. The van der Waals surface area contributed by atoms with E-state index in [1.807, 2.05) is 0 Å². The van der Waals surface area contributed by atoms with Crippen molar-refractivity contribution in [1.29, 1.82) is 0 Å². The van der Waals surface area contributed by atoms with Gasteiger partial charge in [0.05, 0.1) is 5.39 Å². The number of aromatic nitrogens is 4. The maximum atomic E-state index is 12.7. The summed E-state index contributed by atoms with van der Waals surface area (Å²) in [5.74, 6) is -0.0627. The number of hydrogen-bond acceptors (Lipinski definition) is 5. The van der Waals surface area contributed by atoms with E-state index in [1.165, 1.54) is 0 Å². The van der Waals surface area contributed by atoms with E-state index in [2.05, 4.69) is 15.0 Å². The Morgan fingerprint density at radius 1 is 1.00 bits per heavy atom. The Morgan fingerprint density at radius 2 is 1.80 bits per heavy atom. The second-order valence-electron chi connectivity index (χ2n) is 6.07. The van der Waals surface area contributed by atoms with Crippen LogP contribution in [-0.4, -0.2) is 43.4 Å². The average molecular weight is 335 g/mol. The van der Waals surface area contributed by atoms with Crippen LogP contribution in [-0.2, 0) is 0 Å². The molecule has 1 aliphatic heterocycles.